The first-order valence-electron chi connectivity index (χ1n) is 7.20. The van der Waals surface area contributed by atoms with Crippen LogP contribution in [0.3, 0.4) is 0 Å². The fourth-order valence-corrected chi connectivity index (χ4v) is 3.15. The van der Waals surface area contributed by atoms with Gasteiger partial charge in [-0.25, -0.2) is 0 Å². The highest BCUT2D eigenvalue weighted by atomic mass is 16.5. The Bertz CT molecular complexity index is 304. The normalized spacial score (nSPS) is 32.6. The number of ether oxygens (including phenoxy) is 1. The predicted octanol–water partition coefficient (Wildman–Crippen LogP) is 1.53. The van der Waals surface area contributed by atoms with Crippen molar-refractivity contribution in [3.8, 4) is 0 Å². The summed E-state index contributed by atoms with van der Waals surface area (Å²) in [5.74, 6) is 0.645. The third kappa shape index (κ3) is 3.04. The van der Waals surface area contributed by atoms with Crippen LogP contribution in [0.2, 0.25) is 0 Å². The zero-order valence-corrected chi connectivity index (χ0v) is 11.7. The Balaban J connectivity index is 1.97. The summed E-state index contributed by atoms with van der Waals surface area (Å²) in [6.45, 7) is 4.43. The molecule has 2 aliphatic rings. The van der Waals surface area contributed by atoms with Crippen LogP contribution in [0, 0.1) is 5.92 Å². The van der Waals surface area contributed by atoms with E-state index < -0.39 is 5.54 Å². The van der Waals surface area contributed by atoms with Crippen LogP contribution in [0.25, 0.3) is 0 Å². The lowest BCUT2D eigenvalue weighted by atomic mass is 9.79. The number of nitrogens with zero attached hydrogens (tertiary/aromatic N) is 1. The maximum absolute atomic E-state index is 11.8. The molecule has 2 N–H and O–H groups in total. The molecule has 0 heterocycles. The number of carbonyl (C=O) groups excluding carboxylic acids is 1. The summed E-state index contributed by atoms with van der Waals surface area (Å²) in [5.41, 5.74) is 5.49. The number of hydrogen-bond donors (Lipinski definition) is 1. The van der Waals surface area contributed by atoms with E-state index in [-0.39, 0.29) is 5.97 Å². The van der Waals surface area contributed by atoms with Gasteiger partial charge in [0.15, 0.2) is 0 Å². The fraction of sp³-hybridized carbons (Fsp3) is 0.929. The van der Waals surface area contributed by atoms with Crippen LogP contribution in [-0.4, -0.2) is 42.6 Å². The number of rotatable bonds is 5. The molecule has 2 aliphatic carbocycles. The largest absolute Gasteiger partial charge is 0.468 e. The monoisotopic (exact) mass is 254 g/mol. The van der Waals surface area contributed by atoms with Crippen LogP contribution in [-0.2, 0) is 9.53 Å². The van der Waals surface area contributed by atoms with Crippen LogP contribution in [0.5, 0.6) is 0 Å². The van der Waals surface area contributed by atoms with Gasteiger partial charge in [0.25, 0.3) is 0 Å². The second-order valence-electron chi connectivity index (χ2n) is 5.93. The highest BCUT2D eigenvalue weighted by Crippen LogP contribution is 2.34. The molecule has 2 rings (SSSR count). The van der Waals surface area contributed by atoms with Gasteiger partial charge in [-0.05, 0) is 51.0 Å². The quantitative estimate of drug-likeness (QED) is 0.756. The van der Waals surface area contributed by atoms with Gasteiger partial charge in [-0.15, -0.1) is 0 Å². The molecule has 2 fully saturated rings. The molecule has 2 atom stereocenters. The lowest BCUT2D eigenvalue weighted by Crippen LogP contribution is -2.56. The third-order valence-electron chi connectivity index (χ3n) is 4.46. The molecular weight excluding hydrogens is 228 g/mol. The molecule has 18 heavy (non-hydrogen) atoms. The van der Waals surface area contributed by atoms with Crippen LogP contribution < -0.4 is 5.73 Å². The summed E-state index contributed by atoms with van der Waals surface area (Å²) in [6, 6.07) is 0.452. The lowest BCUT2D eigenvalue weighted by Gasteiger charge is -2.41. The summed E-state index contributed by atoms with van der Waals surface area (Å²) in [4.78, 5) is 14.3. The van der Waals surface area contributed by atoms with Crippen LogP contribution in [0.15, 0.2) is 0 Å². The van der Waals surface area contributed by atoms with E-state index in [0.29, 0.717) is 6.04 Å². The van der Waals surface area contributed by atoms with Gasteiger partial charge in [0.1, 0.15) is 5.54 Å². The number of methoxy groups -OCH3 is 1. The van der Waals surface area contributed by atoms with Crippen molar-refractivity contribution in [2.45, 2.75) is 57.0 Å². The molecule has 2 saturated carbocycles. The molecular formula is C14H26N2O2. The van der Waals surface area contributed by atoms with Gasteiger partial charge in [-0.2, -0.15) is 0 Å². The Morgan fingerprint density at radius 1 is 1.44 bits per heavy atom. The summed E-state index contributed by atoms with van der Waals surface area (Å²) in [6.07, 6.45) is 6.44. The summed E-state index contributed by atoms with van der Waals surface area (Å²) in [7, 11) is 1.43. The minimum absolute atomic E-state index is 0.241. The van der Waals surface area contributed by atoms with E-state index in [1.165, 1.54) is 26.5 Å². The zero-order chi connectivity index (χ0) is 13.2. The van der Waals surface area contributed by atoms with E-state index >= 15 is 0 Å². The van der Waals surface area contributed by atoms with Crippen molar-refractivity contribution in [3.05, 3.63) is 0 Å². The number of hydrogen-bond acceptors (Lipinski definition) is 4. The van der Waals surface area contributed by atoms with E-state index in [4.69, 9.17) is 10.5 Å². The summed E-state index contributed by atoms with van der Waals surface area (Å²) < 4.78 is 4.87. The van der Waals surface area contributed by atoms with E-state index in [9.17, 15) is 4.79 Å². The van der Waals surface area contributed by atoms with E-state index in [1.807, 2.05) is 0 Å². The molecule has 4 heteroatoms. The minimum atomic E-state index is -0.755. The Hall–Kier alpha value is -0.610. The van der Waals surface area contributed by atoms with Crippen molar-refractivity contribution < 1.29 is 9.53 Å². The molecule has 0 aromatic carbocycles. The van der Waals surface area contributed by atoms with Crippen LogP contribution >= 0.6 is 0 Å². The molecule has 0 radical (unpaired) electrons. The van der Waals surface area contributed by atoms with Gasteiger partial charge in [0.2, 0.25) is 0 Å². The maximum atomic E-state index is 11.8. The first-order valence-corrected chi connectivity index (χ1v) is 7.20. The third-order valence-corrected chi connectivity index (χ3v) is 4.46. The van der Waals surface area contributed by atoms with Gasteiger partial charge in [0.05, 0.1) is 7.11 Å². The zero-order valence-electron chi connectivity index (χ0n) is 11.7. The second kappa shape index (κ2) is 5.57. The van der Waals surface area contributed by atoms with Crippen LogP contribution in [0.4, 0.5) is 0 Å². The smallest absolute Gasteiger partial charge is 0.325 e. The van der Waals surface area contributed by atoms with Gasteiger partial charge in [-0.1, -0.05) is 6.92 Å². The molecule has 0 bridgehead atoms. The van der Waals surface area contributed by atoms with Gasteiger partial charge in [0, 0.05) is 12.6 Å². The molecule has 104 valence electrons. The molecule has 0 spiro atoms. The average Bonchev–Trinajstić information content (AvgIpc) is 3.18. The minimum Gasteiger partial charge on any atom is -0.468 e. The highest BCUT2D eigenvalue weighted by Gasteiger charge is 2.42. The van der Waals surface area contributed by atoms with E-state index in [1.54, 1.807) is 0 Å². The van der Waals surface area contributed by atoms with Crippen molar-refractivity contribution in [1.82, 2.24) is 4.90 Å². The predicted molar refractivity (Wildman–Crippen MR) is 71.2 cm³/mol. The standard InChI is InChI=1S/C14H26N2O2/c1-3-16(10-11-6-7-11)12-5-4-8-14(15,9-12)13(17)18-2/h11-12H,3-10,15H2,1-2H3. The van der Waals surface area contributed by atoms with Gasteiger partial charge < -0.3 is 15.4 Å². The number of esters is 1. The SMILES string of the molecule is CCN(CC1CC1)C1CCCC(N)(C(=O)OC)C1. The first kappa shape index (κ1) is 13.8. The van der Waals surface area contributed by atoms with Crippen LogP contribution in [0.1, 0.15) is 45.4 Å². The first-order chi connectivity index (χ1) is 8.59. The van der Waals surface area contributed by atoms with E-state index in [2.05, 4.69) is 11.8 Å². The van der Waals surface area contributed by atoms with Crippen molar-refractivity contribution in [2.24, 2.45) is 11.7 Å². The molecule has 0 aromatic rings. The summed E-state index contributed by atoms with van der Waals surface area (Å²) in [5, 5.41) is 0. The molecule has 0 aliphatic heterocycles. The van der Waals surface area contributed by atoms with Crippen molar-refractivity contribution in [1.29, 1.82) is 0 Å². The Labute approximate surface area is 110 Å². The highest BCUT2D eigenvalue weighted by molar-refractivity contribution is 5.80. The Morgan fingerprint density at radius 2 is 2.17 bits per heavy atom. The lowest BCUT2D eigenvalue weighted by molar-refractivity contribution is -0.149. The second-order valence-corrected chi connectivity index (χ2v) is 5.93. The van der Waals surface area contributed by atoms with E-state index in [0.717, 1.165) is 38.1 Å². The van der Waals surface area contributed by atoms with Gasteiger partial charge >= 0.3 is 5.97 Å². The van der Waals surface area contributed by atoms with Crippen molar-refractivity contribution in [2.75, 3.05) is 20.2 Å². The maximum Gasteiger partial charge on any atom is 0.325 e. The van der Waals surface area contributed by atoms with Crippen molar-refractivity contribution >= 4 is 5.97 Å². The van der Waals surface area contributed by atoms with Gasteiger partial charge in [-0.3, -0.25) is 4.79 Å². The fourth-order valence-electron chi connectivity index (χ4n) is 3.15. The molecule has 2 unspecified atom stereocenters. The molecule has 0 aromatic heterocycles. The topological polar surface area (TPSA) is 55.6 Å². The number of carbonyl (C=O) groups is 1. The molecule has 0 amide bonds. The number of nitrogens with two attached hydrogens (primary N) is 1. The molecule has 0 saturated heterocycles. The summed E-state index contributed by atoms with van der Waals surface area (Å²) >= 11 is 0. The Kier molecular flexibility index (Phi) is 4.28. The average molecular weight is 254 g/mol. The Morgan fingerprint density at radius 3 is 2.72 bits per heavy atom. The van der Waals surface area contributed by atoms with Crippen molar-refractivity contribution in [3.63, 3.8) is 0 Å². The molecule has 4 nitrogen and oxygen atoms in total.